The van der Waals surface area contributed by atoms with Crippen LogP contribution in [-0.2, 0) is 0 Å². The van der Waals surface area contributed by atoms with Crippen LogP contribution in [0.5, 0.6) is 0 Å². The molecule has 6 heavy (non-hydrogen) atoms. The molecule has 0 N–H and O–H groups in total. The van der Waals surface area contributed by atoms with Gasteiger partial charge in [0.05, 0.1) is 5.57 Å². The maximum atomic E-state index is 3.63. The highest BCUT2D eigenvalue weighted by molar-refractivity contribution is 4.96. The van der Waals surface area contributed by atoms with Crippen LogP contribution in [0.4, 0.5) is 0 Å². The second-order valence-electron chi connectivity index (χ2n) is 1.50. The summed E-state index contributed by atoms with van der Waals surface area (Å²) in [5, 5.41) is 0. The topological polar surface area (TPSA) is 0 Å². The van der Waals surface area contributed by atoms with Gasteiger partial charge in [0.2, 0.25) is 0 Å². The Bertz CT molecular complexity index is 44.0. The van der Waals surface area contributed by atoms with Gasteiger partial charge in [-0.15, -0.1) is 0 Å². The summed E-state index contributed by atoms with van der Waals surface area (Å²) in [5.41, 5.74) is 1.04. The van der Waals surface area contributed by atoms with E-state index in [0.29, 0.717) is 0 Å². The van der Waals surface area contributed by atoms with Gasteiger partial charge in [-0.2, -0.15) is 0 Å². The molecule has 0 spiro atoms. The van der Waals surface area contributed by atoms with Crippen LogP contribution in [0.1, 0.15) is 19.8 Å². The van der Waals surface area contributed by atoms with Crippen molar-refractivity contribution in [3.8, 4) is 0 Å². The van der Waals surface area contributed by atoms with Gasteiger partial charge in [-0.1, -0.05) is 6.92 Å². The third-order valence-electron chi connectivity index (χ3n) is 0.604. The minimum absolute atomic E-state index is 1.04. The van der Waals surface area contributed by atoms with Crippen molar-refractivity contribution in [2.75, 3.05) is 0 Å². The first-order chi connectivity index (χ1) is 2.77. The van der Waals surface area contributed by atoms with Gasteiger partial charge in [0.25, 0.3) is 0 Å². The normalized spacial score (nSPS) is 8.17. The molecule has 0 aromatic carbocycles. The molecule has 0 aliphatic rings. The summed E-state index contributed by atoms with van der Waals surface area (Å²) in [6.45, 7) is 9.39. The average Bonchev–Trinajstić information content (AvgIpc) is 1.35. The first kappa shape index (κ1) is 5.61. The Balaban J connectivity index is 2.83. The molecule has 0 saturated carbocycles. The van der Waals surface area contributed by atoms with Crippen molar-refractivity contribution in [2.24, 2.45) is 0 Å². The summed E-state index contributed by atoms with van der Waals surface area (Å²) in [6, 6.07) is 0. The van der Waals surface area contributed by atoms with E-state index in [1.54, 1.807) is 0 Å². The SMILES string of the molecule is C=C([CH2+])CCC. The van der Waals surface area contributed by atoms with E-state index in [-0.39, 0.29) is 0 Å². The van der Waals surface area contributed by atoms with Crippen molar-refractivity contribution in [2.45, 2.75) is 19.8 Å². The van der Waals surface area contributed by atoms with E-state index in [1.807, 2.05) is 0 Å². The molecule has 0 aliphatic heterocycles. The zero-order valence-electron chi connectivity index (χ0n) is 4.33. The molecule has 34 valence electrons. The van der Waals surface area contributed by atoms with E-state index in [2.05, 4.69) is 20.4 Å². The number of hydrogen-bond acceptors (Lipinski definition) is 0. The Labute approximate surface area is 39.9 Å². The van der Waals surface area contributed by atoms with Gasteiger partial charge in [0, 0.05) is 19.9 Å². The molecule has 0 unspecified atom stereocenters. The van der Waals surface area contributed by atoms with Gasteiger partial charge in [-0.05, 0) is 6.42 Å². The predicted octanol–water partition coefficient (Wildman–Crippen LogP) is 2.18. The molecule has 0 heterocycles. The third kappa shape index (κ3) is 3.61. The molecule has 0 fully saturated rings. The molecule has 0 aromatic heterocycles. The largest absolute Gasteiger partial charge is 0.0964 e. The summed E-state index contributed by atoms with van der Waals surface area (Å²) in [4.78, 5) is 0. The Morgan fingerprint density at radius 2 is 2.33 bits per heavy atom. The second kappa shape index (κ2) is 2.83. The van der Waals surface area contributed by atoms with Crippen LogP contribution in [0, 0.1) is 6.92 Å². The standard InChI is InChI=1S/C6H11/c1-4-5-6(2)3/h2-5H2,1H3/q+1. The Kier molecular flexibility index (Phi) is 2.64. The lowest BCUT2D eigenvalue weighted by Crippen LogP contribution is -1.67. The van der Waals surface area contributed by atoms with Gasteiger partial charge in [0.15, 0.2) is 0 Å². The van der Waals surface area contributed by atoms with Gasteiger partial charge in [0.1, 0.15) is 0 Å². The summed E-state index contributed by atoms with van der Waals surface area (Å²) >= 11 is 0. The lowest BCUT2D eigenvalue weighted by atomic mass is 10.2. The maximum Gasteiger partial charge on any atom is 0.0964 e. The summed E-state index contributed by atoms with van der Waals surface area (Å²) in [5.74, 6) is 0. The fourth-order valence-corrected chi connectivity index (χ4v) is 0.354. The Hall–Kier alpha value is -0.390. The van der Waals surface area contributed by atoms with Crippen LogP contribution in [0.25, 0.3) is 0 Å². The van der Waals surface area contributed by atoms with Crippen LogP contribution in [-0.4, -0.2) is 0 Å². The smallest absolute Gasteiger partial charge is 0.0649 e. The molecule has 0 nitrogen and oxygen atoms in total. The number of rotatable bonds is 2. The molecule has 0 aromatic rings. The number of allylic oxidation sites excluding steroid dienone is 1. The third-order valence-corrected chi connectivity index (χ3v) is 0.604. The van der Waals surface area contributed by atoms with Crippen molar-refractivity contribution in [1.82, 2.24) is 0 Å². The highest BCUT2D eigenvalue weighted by Crippen LogP contribution is 1.96. The predicted molar refractivity (Wildman–Crippen MR) is 29.4 cm³/mol. The van der Waals surface area contributed by atoms with Gasteiger partial charge < -0.3 is 0 Å². The first-order valence-corrected chi connectivity index (χ1v) is 2.27. The van der Waals surface area contributed by atoms with Gasteiger partial charge in [-0.3, -0.25) is 0 Å². The lowest BCUT2D eigenvalue weighted by molar-refractivity contribution is 0.929. The fraction of sp³-hybridized carbons (Fsp3) is 0.500. The van der Waals surface area contributed by atoms with Crippen LogP contribution < -0.4 is 0 Å². The van der Waals surface area contributed by atoms with E-state index < -0.39 is 0 Å². The highest BCUT2D eigenvalue weighted by Gasteiger charge is 1.84. The van der Waals surface area contributed by atoms with Crippen molar-refractivity contribution in [1.29, 1.82) is 0 Å². The minimum atomic E-state index is 1.04. The molecule has 0 atom stereocenters. The molecule has 0 rings (SSSR count). The van der Waals surface area contributed by atoms with E-state index >= 15 is 0 Å². The minimum Gasteiger partial charge on any atom is -0.0649 e. The monoisotopic (exact) mass is 83.1 g/mol. The molecule has 0 bridgehead atoms. The molecule has 0 heteroatoms. The van der Waals surface area contributed by atoms with Gasteiger partial charge >= 0.3 is 0 Å². The molecule has 0 radical (unpaired) electrons. The summed E-state index contributed by atoms with van der Waals surface area (Å²) in [7, 11) is 0. The zero-order valence-corrected chi connectivity index (χ0v) is 4.33. The quantitative estimate of drug-likeness (QED) is 0.449. The first-order valence-electron chi connectivity index (χ1n) is 2.27. The maximum absolute atomic E-state index is 3.63. The fourth-order valence-electron chi connectivity index (χ4n) is 0.354. The van der Waals surface area contributed by atoms with Crippen molar-refractivity contribution >= 4 is 0 Å². The van der Waals surface area contributed by atoms with E-state index in [4.69, 9.17) is 0 Å². The average molecular weight is 83.2 g/mol. The molecular formula is C6H11+. The van der Waals surface area contributed by atoms with Crippen LogP contribution in [0.15, 0.2) is 12.2 Å². The lowest BCUT2D eigenvalue weighted by Gasteiger charge is -1.79. The van der Waals surface area contributed by atoms with Crippen molar-refractivity contribution < 1.29 is 0 Å². The zero-order chi connectivity index (χ0) is 4.99. The second-order valence-corrected chi connectivity index (χ2v) is 1.50. The molecule has 0 saturated heterocycles. The van der Waals surface area contributed by atoms with Crippen molar-refractivity contribution in [3.05, 3.63) is 19.1 Å². The van der Waals surface area contributed by atoms with E-state index in [0.717, 1.165) is 12.0 Å². The Morgan fingerprint density at radius 1 is 1.83 bits per heavy atom. The molecular weight excluding hydrogens is 72.1 g/mol. The van der Waals surface area contributed by atoms with Crippen LogP contribution >= 0.6 is 0 Å². The van der Waals surface area contributed by atoms with E-state index in [9.17, 15) is 0 Å². The van der Waals surface area contributed by atoms with E-state index in [1.165, 1.54) is 6.42 Å². The summed E-state index contributed by atoms with van der Waals surface area (Å²) < 4.78 is 0. The molecule has 0 amide bonds. The summed E-state index contributed by atoms with van der Waals surface area (Å²) in [6.07, 6.45) is 2.24. The number of hydrogen-bond donors (Lipinski definition) is 0. The van der Waals surface area contributed by atoms with Crippen molar-refractivity contribution in [3.63, 3.8) is 0 Å². The van der Waals surface area contributed by atoms with Crippen LogP contribution in [0.2, 0.25) is 0 Å². The van der Waals surface area contributed by atoms with Gasteiger partial charge in [-0.25, -0.2) is 0 Å². The molecule has 0 aliphatic carbocycles. The highest BCUT2D eigenvalue weighted by atomic mass is 13.8. The Morgan fingerprint density at radius 3 is 2.33 bits per heavy atom. The van der Waals surface area contributed by atoms with Crippen LogP contribution in [0.3, 0.4) is 0 Å².